The molecule has 1 nitrogen and oxygen atoms in total. The van der Waals surface area contributed by atoms with Crippen molar-refractivity contribution in [3.8, 4) is 0 Å². The minimum atomic E-state index is -4.95. The van der Waals surface area contributed by atoms with E-state index in [-0.39, 0.29) is 4.88 Å². The van der Waals surface area contributed by atoms with Crippen molar-refractivity contribution in [2.45, 2.75) is 6.61 Å². The maximum absolute atomic E-state index is 12.0. The van der Waals surface area contributed by atoms with Crippen LogP contribution in [0, 0.1) is 0 Å². The summed E-state index contributed by atoms with van der Waals surface area (Å²) in [4.78, 5) is -0.00231. The molecule has 11 heavy (non-hydrogen) atoms. The molecule has 0 aliphatic carbocycles. The molecule has 0 aliphatic rings. The second-order valence-corrected chi connectivity index (χ2v) is 3.03. The normalized spacial score (nSPS) is 12.0. The fourth-order valence-corrected chi connectivity index (χ4v) is 1.56. The molecule has 0 radical (unpaired) electrons. The second kappa shape index (κ2) is 2.87. The van der Waals surface area contributed by atoms with Crippen LogP contribution in [0.4, 0.5) is 12.9 Å². The second-order valence-electron chi connectivity index (χ2n) is 2.03. The van der Waals surface area contributed by atoms with Crippen molar-refractivity contribution in [3.63, 3.8) is 0 Å². The summed E-state index contributed by atoms with van der Waals surface area (Å²) >= 11 is 0.922. The Morgan fingerprint density at radius 1 is 1.45 bits per heavy atom. The minimum absolute atomic E-state index is 0.00231. The lowest BCUT2D eigenvalue weighted by atomic mass is 9.80. The minimum Gasteiger partial charge on any atom is -0.445 e. The summed E-state index contributed by atoms with van der Waals surface area (Å²) in [6.07, 6.45) is 0. The first-order chi connectivity index (χ1) is 5.05. The predicted octanol–water partition coefficient (Wildman–Crippen LogP) is 1.29. The van der Waals surface area contributed by atoms with Gasteiger partial charge in [0.1, 0.15) is 0 Å². The molecule has 0 aliphatic heterocycles. The Kier molecular flexibility index (Phi) is 2.24. The number of aliphatic hydroxyl groups excluding tert-OH is 1. The Hall–Kier alpha value is -0.485. The van der Waals surface area contributed by atoms with Crippen molar-refractivity contribution in [1.29, 1.82) is 0 Å². The molecule has 0 spiro atoms. The van der Waals surface area contributed by atoms with Gasteiger partial charge in [0.15, 0.2) is 0 Å². The van der Waals surface area contributed by atoms with E-state index in [1.165, 1.54) is 5.38 Å². The fraction of sp³-hybridized carbons (Fsp3) is 0.200. The first-order valence-corrected chi connectivity index (χ1v) is 3.80. The number of rotatable bonds is 2. The van der Waals surface area contributed by atoms with Crippen LogP contribution in [0.1, 0.15) is 4.88 Å². The van der Waals surface area contributed by atoms with E-state index in [2.05, 4.69) is 0 Å². The molecule has 6 heteroatoms. The van der Waals surface area contributed by atoms with E-state index in [9.17, 15) is 12.9 Å². The van der Waals surface area contributed by atoms with Crippen LogP contribution >= 0.6 is 11.3 Å². The Bertz CT molecular complexity index is 244. The van der Waals surface area contributed by atoms with Crippen LogP contribution in [0.25, 0.3) is 0 Å². The summed E-state index contributed by atoms with van der Waals surface area (Å²) < 4.78 is 36.1. The Labute approximate surface area is 65.5 Å². The van der Waals surface area contributed by atoms with Gasteiger partial charge in [-0.05, 0) is 5.38 Å². The average molecular weight is 181 g/mol. The third-order valence-electron chi connectivity index (χ3n) is 1.28. The van der Waals surface area contributed by atoms with Gasteiger partial charge >= 0.3 is 6.98 Å². The van der Waals surface area contributed by atoms with Gasteiger partial charge in [-0.15, -0.1) is 11.3 Å². The smallest absolute Gasteiger partial charge is 0.445 e. The number of thiophene rings is 1. The van der Waals surface area contributed by atoms with Crippen LogP contribution < -0.4 is 5.46 Å². The molecular formula is C5H5BF3OS-. The standard InChI is InChI=1S/C5H5BF3OS/c7-6(8,9)4-1-2-11-5(4)3-10/h1-2,10H,3H2/q-1. The largest absolute Gasteiger partial charge is 0.510 e. The molecule has 1 N–H and O–H groups in total. The van der Waals surface area contributed by atoms with Gasteiger partial charge in [0.05, 0.1) is 6.61 Å². The molecule has 0 atom stereocenters. The molecule has 0 saturated carbocycles. The number of hydrogen-bond acceptors (Lipinski definition) is 2. The first kappa shape index (κ1) is 8.61. The molecular weight excluding hydrogens is 176 g/mol. The molecule has 62 valence electrons. The van der Waals surface area contributed by atoms with Crippen LogP contribution in [-0.4, -0.2) is 12.1 Å². The van der Waals surface area contributed by atoms with Crippen molar-refractivity contribution in [2.75, 3.05) is 0 Å². The first-order valence-electron chi connectivity index (χ1n) is 2.92. The molecule has 1 aromatic rings. The van der Waals surface area contributed by atoms with E-state index >= 15 is 0 Å². The predicted molar refractivity (Wildman–Crippen MR) is 39.0 cm³/mol. The van der Waals surface area contributed by atoms with Gasteiger partial charge < -0.3 is 18.1 Å². The van der Waals surface area contributed by atoms with Crippen molar-refractivity contribution in [1.82, 2.24) is 0 Å². The molecule has 1 rings (SSSR count). The molecule has 0 unspecified atom stereocenters. The third kappa shape index (κ3) is 1.75. The maximum Gasteiger partial charge on any atom is 0.510 e. The Morgan fingerprint density at radius 2 is 2.09 bits per heavy atom. The molecule has 1 heterocycles. The third-order valence-corrected chi connectivity index (χ3v) is 2.20. The van der Waals surface area contributed by atoms with Gasteiger partial charge in [-0.1, -0.05) is 11.5 Å². The van der Waals surface area contributed by atoms with Crippen LogP contribution in [-0.2, 0) is 6.61 Å². The van der Waals surface area contributed by atoms with Crippen LogP contribution in [0.2, 0.25) is 0 Å². The average Bonchev–Trinajstić information content (AvgIpc) is 2.31. The molecule has 0 aromatic carbocycles. The van der Waals surface area contributed by atoms with Gasteiger partial charge in [-0.3, -0.25) is 0 Å². The van der Waals surface area contributed by atoms with E-state index < -0.39 is 19.0 Å². The number of hydrogen-bond donors (Lipinski definition) is 1. The lowest BCUT2D eigenvalue weighted by Gasteiger charge is -2.13. The van der Waals surface area contributed by atoms with E-state index in [0.29, 0.717) is 0 Å². The molecule has 0 bridgehead atoms. The summed E-state index contributed by atoms with van der Waals surface area (Å²) in [7, 11) is 0. The quantitative estimate of drug-likeness (QED) is 0.681. The lowest BCUT2D eigenvalue weighted by Crippen LogP contribution is -2.35. The van der Waals surface area contributed by atoms with Crippen LogP contribution in [0.15, 0.2) is 11.4 Å². The zero-order chi connectivity index (χ0) is 8.48. The van der Waals surface area contributed by atoms with Gasteiger partial charge in [-0.2, -0.15) is 0 Å². The van der Waals surface area contributed by atoms with Gasteiger partial charge in [0, 0.05) is 4.88 Å². The summed E-state index contributed by atoms with van der Waals surface area (Å²) in [5.74, 6) is 0. The lowest BCUT2D eigenvalue weighted by molar-refractivity contribution is 0.286. The molecule has 0 saturated heterocycles. The summed E-state index contributed by atoms with van der Waals surface area (Å²) in [6.45, 7) is -5.48. The topological polar surface area (TPSA) is 20.2 Å². The highest BCUT2D eigenvalue weighted by atomic mass is 32.1. The molecule has 0 amide bonds. The van der Waals surface area contributed by atoms with E-state index in [4.69, 9.17) is 5.11 Å². The van der Waals surface area contributed by atoms with Gasteiger partial charge in [-0.25, -0.2) is 0 Å². The zero-order valence-electron chi connectivity index (χ0n) is 5.43. The summed E-state index contributed by atoms with van der Waals surface area (Å²) in [5, 5.41) is 9.82. The van der Waals surface area contributed by atoms with Crippen molar-refractivity contribution < 1.29 is 18.1 Å². The summed E-state index contributed by atoms with van der Waals surface area (Å²) in [6, 6.07) is 0.996. The summed E-state index contributed by atoms with van der Waals surface area (Å²) in [5.41, 5.74) is -0.669. The highest BCUT2D eigenvalue weighted by Gasteiger charge is 2.28. The van der Waals surface area contributed by atoms with E-state index in [1.807, 2.05) is 0 Å². The zero-order valence-corrected chi connectivity index (χ0v) is 6.25. The van der Waals surface area contributed by atoms with Gasteiger partial charge in [0.2, 0.25) is 0 Å². The highest BCUT2D eigenvalue weighted by molar-refractivity contribution is 7.11. The van der Waals surface area contributed by atoms with Crippen LogP contribution in [0.3, 0.4) is 0 Å². The van der Waals surface area contributed by atoms with E-state index in [1.54, 1.807) is 0 Å². The Balaban J connectivity index is 3.02. The van der Waals surface area contributed by atoms with Crippen molar-refractivity contribution in [2.24, 2.45) is 0 Å². The molecule has 0 fully saturated rings. The van der Waals surface area contributed by atoms with E-state index in [0.717, 1.165) is 17.4 Å². The molecule has 1 aromatic heterocycles. The van der Waals surface area contributed by atoms with Gasteiger partial charge in [0.25, 0.3) is 0 Å². The number of halogens is 3. The maximum atomic E-state index is 12.0. The highest BCUT2D eigenvalue weighted by Crippen LogP contribution is 2.16. The van der Waals surface area contributed by atoms with Crippen LogP contribution in [0.5, 0.6) is 0 Å². The van der Waals surface area contributed by atoms with Crippen molar-refractivity contribution in [3.05, 3.63) is 16.3 Å². The fourth-order valence-electron chi connectivity index (χ4n) is 0.771. The van der Waals surface area contributed by atoms with Crippen molar-refractivity contribution >= 4 is 23.8 Å². The Morgan fingerprint density at radius 3 is 2.45 bits per heavy atom. The number of aliphatic hydroxyl groups is 1. The SMILES string of the molecule is OCc1sccc1[B-](F)(F)F. The monoisotopic (exact) mass is 181 g/mol.